The summed E-state index contributed by atoms with van der Waals surface area (Å²) in [6.07, 6.45) is 5.11. The van der Waals surface area contributed by atoms with Gasteiger partial charge in [0.1, 0.15) is 0 Å². The van der Waals surface area contributed by atoms with Gasteiger partial charge in [-0.2, -0.15) is 0 Å². The van der Waals surface area contributed by atoms with E-state index in [1.54, 1.807) is 0 Å². The number of rotatable bonds is 4. The van der Waals surface area contributed by atoms with Gasteiger partial charge in [-0.25, -0.2) is 0 Å². The summed E-state index contributed by atoms with van der Waals surface area (Å²) < 4.78 is 0. The van der Waals surface area contributed by atoms with Crippen LogP contribution in [-0.2, 0) is 0 Å². The first-order chi connectivity index (χ1) is 9.05. The summed E-state index contributed by atoms with van der Waals surface area (Å²) in [6.45, 7) is 6.95. The minimum Gasteiger partial charge on any atom is -0.329 e. The molecule has 112 valence electrons. The highest BCUT2D eigenvalue weighted by Crippen LogP contribution is 2.29. The minimum absolute atomic E-state index is 0.242. The Morgan fingerprint density at radius 2 is 1.95 bits per heavy atom. The zero-order chi connectivity index (χ0) is 13.9. The maximum Gasteiger partial charge on any atom is 0.0341 e. The van der Waals surface area contributed by atoms with E-state index in [2.05, 4.69) is 35.8 Å². The highest BCUT2D eigenvalue weighted by Gasteiger charge is 2.36. The molecule has 2 fully saturated rings. The SMILES string of the molecule is CN1CCCC(CN)(N(C)CC2CCN(C)C2)CC1. The first-order valence-electron chi connectivity index (χ1n) is 7.84. The molecule has 0 bridgehead atoms. The van der Waals surface area contributed by atoms with Crippen LogP contribution in [0.25, 0.3) is 0 Å². The van der Waals surface area contributed by atoms with Crippen molar-refractivity contribution in [1.29, 1.82) is 0 Å². The first-order valence-corrected chi connectivity index (χ1v) is 7.84. The lowest BCUT2D eigenvalue weighted by atomic mass is 9.88. The van der Waals surface area contributed by atoms with Crippen molar-refractivity contribution in [2.45, 2.75) is 31.2 Å². The topological polar surface area (TPSA) is 35.7 Å². The van der Waals surface area contributed by atoms with Gasteiger partial charge >= 0.3 is 0 Å². The highest BCUT2D eigenvalue weighted by molar-refractivity contribution is 4.94. The average Bonchev–Trinajstić information content (AvgIpc) is 2.68. The molecule has 2 aliphatic rings. The summed E-state index contributed by atoms with van der Waals surface area (Å²) >= 11 is 0. The summed E-state index contributed by atoms with van der Waals surface area (Å²) in [5, 5.41) is 0. The summed E-state index contributed by atoms with van der Waals surface area (Å²) in [6, 6.07) is 0. The standard InChI is InChI=1S/C15H32N4/c1-17-8-4-6-15(13-16,7-10-17)19(3)12-14-5-9-18(2)11-14/h14H,4-13,16H2,1-3H3. The van der Waals surface area contributed by atoms with Crippen molar-refractivity contribution in [3.05, 3.63) is 0 Å². The van der Waals surface area contributed by atoms with E-state index < -0.39 is 0 Å². The van der Waals surface area contributed by atoms with Crippen LogP contribution in [0.2, 0.25) is 0 Å². The van der Waals surface area contributed by atoms with Crippen LogP contribution in [0.1, 0.15) is 25.7 Å². The number of hydrogen-bond acceptors (Lipinski definition) is 4. The Morgan fingerprint density at radius 1 is 1.16 bits per heavy atom. The van der Waals surface area contributed by atoms with Gasteiger partial charge in [-0.3, -0.25) is 4.90 Å². The first kappa shape index (κ1) is 15.2. The van der Waals surface area contributed by atoms with Gasteiger partial charge in [0.05, 0.1) is 0 Å². The Morgan fingerprint density at radius 3 is 2.58 bits per heavy atom. The molecule has 2 N–H and O–H groups in total. The normalized spacial score (nSPS) is 34.9. The molecule has 0 aromatic heterocycles. The smallest absolute Gasteiger partial charge is 0.0341 e. The molecule has 0 aromatic carbocycles. The van der Waals surface area contributed by atoms with Gasteiger partial charge < -0.3 is 15.5 Å². The molecule has 2 aliphatic heterocycles. The van der Waals surface area contributed by atoms with Crippen LogP contribution >= 0.6 is 0 Å². The number of nitrogens with zero attached hydrogens (tertiary/aromatic N) is 3. The third kappa shape index (κ3) is 3.69. The van der Waals surface area contributed by atoms with Crippen LogP contribution in [0.4, 0.5) is 0 Å². The quantitative estimate of drug-likeness (QED) is 0.813. The molecule has 0 radical (unpaired) electrons. The van der Waals surface area contributed by atoms with Gasteiger partial charge in [-0.05, 0) is 72.4 Å². The molecule has 0 saturated carbocycles. The van der Waals surface area contributed by atoms with Gasteiger partial charge in [-0.15, -0.1) is 0 Å². The fraction of sp³-hybridized carbons (Fsp3) is 1.00. The van der Waals surface area contributed by atoms with Crippen molar-refractivity contribution in [3.8, 4) is 0 Å². The van der Waals surface area contributed by atoms with Crippen LogP contribution in [0.5, 0.6) is 0 Å². The van der Waals surface area contributed by atoms with Crippen molar-refractivity contribution in [2.24, 2.45) is 11.7 Å². The van der Waals surface area contributed by atoms with Gasteiger partial charge in [0.2, 0.25) is 0 Å². The maximum absolute atomic E-state index is 6.18. The van der Waals surface area contributed by atoms with Crippen molar-refractivity contribution < 1.29 is 0 Å². The zero-order valence-electron chi connectivity index (χ0n) is 13.1. The lowest BCUT2D eigenvalue weighted by molar-refractivity contribution is 0.0910. The third-order valence-corrected chi connectivity index (χ3v) is 5.35. The van der Waals surface area contributed by atoms with E-state index in [4.69, 9.17) is 5.73 Å². The van der Waals surface area contributed by atoms with E-state index in [1.165, 1.54) is 58.4 Å². The Balaban J connectivity index is 1.95. The average molecular weight is 268 g/mol. The van der Waals surface area contributed by atoms with Gasteiger partial charge in [-0.1, -0.05) is 0 Å². The number of nitrogens with two attached hydrogens (primary N) is 1. The molecular weight excluding hydrogens is 236 g/mol. The van der Waals surface area contributed by atoms with Crippen LogP contribution in [-0.4, -0.2) is 80.7 Å². The van der Waals surface area contributed by atoms with E-state index in [1.807, 2.05) is 0 Å². The second-order valence-corrected chi connectivity index (χ2v) is 6.88. The van der Waals surface area contributed by atoms with Crippen LogP contribution < -0.4 is 5.73 Å². The molecule has 4 nitrogen and oxygen atoms in total. The summed E-state index contributed by atoms with van der Waals surface area (Å²) in [5.41, 5.74) is 6.43. The van der Waals surface area contributed by atoms with Crippen molar-refractivity contribution >= 4 is 0 Å². The van der Waals surface area contributed by atoms with Gasteiger partial charge in [0, 0.05) is 25.2 Å². The Hall–Kier alpha value is -0.160. The molecule has 19 heavy (non-hydrogen) atoms. The molecule has 0 spiro atoms. The molecule has 2 unspecified atom stereocenters. The monoisotopic (exact) mass is 268 g/mol. The molecule has 0 aliphatic carbocycles. The van der Waals surface area contributed by atoms with Crippen molar-refractivity contribution in [2.75, 3.05) is 60.4 Å². The molecule has 4 heteroatoms. The molecule has 2 heterocycles. The van der Waals surface area contributed by atoms with E-state index >= 15 is 0 Å². The van der Waals surface area contributed by atoms with Crippen molar-refractivity contribution in [3.63, 3.8) is 0 Å². The van der Waals surface area contributed by atoms with Gasteiger partial charge in [0.15, 0.2) is 0 Å². The largest absolute Gasteiger partial charge is 0.329 e. The highest BCUT2D eigenvalue weighted by atomic mass is 15.2. The molecule has 0 amide bonds. The maximum atomic E-state index is 6.18. The van der Waals surface area contributed by atoms with Crippen LogP contribution in [0.15, 0.2) is 0 Å². The second kappa shape index (κ2) is 6.53. The van der Waals surface area contributed by atoms with Crippen molar-refractivity contribution in [1.82, 2.24) is 14.7 Å². The van der Waals surface area contributed by atoms with Crippen LogP contribution in [0, 0.1) is 5.92 Å². The summed E-state index contributed by atoms with van der Waals surface area (Å²) in [7, 11) is 6.77. The Kier molecular flexibility index (Phi) is 5.23. The fourth-order valence-electron chi connectivity index (χ4n) is 3.81. The zero-order valence-corrected chi connectivity index (χ0v) is 13.1. The lowest BCUT2D eigenvalue weighted by Crippen LogP contribution is -2.54. The summed E-state index contributed by atoms with van der Waals surface area (Å²) in [4.78, 5) is 7.50. The van der Waals surface area contributed by atoms with E-state index in [0.717, 1.165) is 12.5 Å². The Bertz CT molecular complexity index is 283. The third-order valence-electron chi connectivity index (χ3n) is 5.35. The Labute approximate surface area is 118 Å². The summed E-state index contributed by atoms with van der Waals surface area (Å²) in [5.74, 6) is 0.833. The van der Waals surface area contributed by atoms with E-state index in [0.29, 0.717) is 0 Å². The van der Waals surface area contributed by atoms with Crippen LogP contribution in [0.3, 0.4) is 0 Å². The predicted molar refractivity (Wildman–Crippen MR) is 81.4 cm³/mol. The number of likely N-dealkylation sites (tertiary alicyclic amines) is 2. The fourth-order valence-corrected chi connectivity index (χ4v) is 3.81. The van der Waals surface area contributed by atoms with E-state index in [-0.39, 0.29) is 5.54 Å². The lowest BCUT2D eigenvalue weighted by Gasteiger charge is -2.42. The van der Waals surface area contributed by atoms with E-state index in [9.17, 15) is 0 Å². The number of hydrogen-bond donors (Lipinski definition) is 1. The van der Waals surface area contributed by atoms with Gasteiger partial charge in [0.25, 0.3) is 0 Å². The molecule has 2 atom stereocenters. The minimum atomic E-state index is 0.242. The molecular formula is C15H32N4. The predicted octanol–water partition coefficient (Wildman–Crippen LogP) is 0.683. The molecule has 0 aromatic rings. The molecule has 2 saturated heterocycles. The molecule has 2 rings (SSSR count). The number of likely N-dealkylation sites (N-methyl/N-ethyl adjacent to an activating group) is 1. The second-order valence-electron chi connectivity index (χ2n) is 6.88.